The Hall–Kier alpha value is -0.840. The van der Waals surface area contributed by atoms with Crippen LogP contribution in [0.2, 0.25) is 0 Å². The molecule has 3 nitrogen and oxygen atoms in total. The summed E-state index contributed by atoms with van der Waals surface area (Å²) in [4.78, 5) is 0. The van der Waals surface area contributed by atoms with Gasteiger partial charge in [0.05, 0.1) is 19.3 Å². The molecule has 1 aromatic carbocycles. The summed E-state index contributed by atoms with van der Waals surface area (Å²) < 4.78 is 17.8. The molecule has 0 radical (unpaired) electrons. The Balaban J connectivity index is 0.00000196. The molecule has 15 heavy (non-hydrogen) atoms. The minimum Gasteiger partial charge on any atom is -0.494 e. The van der Waals surface area contributed by atoms with Crippen molar-refractivity contribution in [2.45, 2.75) is 19.1 Å². The third-order valence-electron chi connectivity index (χ3n) is 2.08. The normalized spacial score (nSPS) is 13.9. The first kappa shape index (κ1) is 14.2. The van der Waals surface area contributed by atoms with Gasteiger partial charge in [0.1, 0.15) is 0 Å². The van der Waals surface area contributed by atoms with Crippen molar-refractivity contribution in [1.29, 1.82) is 0 Å². The van der Waals surface area contributed by atoms with Gasteiger partial charge < -0.3 is 15.6 Å². The number of hydrogen-bond donors (Lipinski definition) is 2. The number of benzene rings is 1. The van der Waals surface area contributed by atoms with Crippen LogP contribution in [0.5, 0.6) is 5.75 Å². The fourth-order valence-electron chi connectivity index (χ4n) is 1.16. The van der Waals surface area contributed by atoms with Crippen molar-refractivity contribution in [2.24, 2.45) is 5.73 Å². The Morgan fingerprint density at radius 1 is 1.47 bits per heavy atom. The first-order valence-electron chi connectivity index (χ1n) is 4.33. The summed E-state index contributed by atoms with van der Waals surface area (Å²) in [5.41, 5.74) is 6.33. The first-order chi connectivity index (χ1) is 6.56. The van der Waals surface area contributed by atoms with Crippen LogP contribution in [-0.4, -0.2) is 18.3 Å². The highest BCUT2D eigenvalue weighted by atomic mass is 35.5. The quantitative estimate of drug-likeness (QED) is 0.838. The van der Waals surface area contributed by atoms with Gasteiger partial charge in [-0.2, -0.15) is 0 Å². The zero-order chi connectivity index (χ0) is 10.7. The fraction of sp³-hybridized carbons (Fsp3) is 0.400. The molecule has 0 aliphatic heterocycles. The van der Waals surface area contributed by atoms with Crippen molar-refractivity contribution < 1.29 is 14.2 Å². The summed E-state index contributed by atoms with van der Waals surface area (Å²) >= 11 is 0. The summed E-state index contributed by atoms with van der Waals surface area (Å²) in [5, 5.41) is 9.25. The van der Waals surface area contributed by atoms with Crippen LogP contribution in [0.1, 0.15) is 18.5 Å². The molecule has 86 valence electrons. The molecule has 3 N–H and O–H groups in total. The van der Waals surface area contributed by atoms with Crippen LogP contribution in [0.4, 0.5) is 4.39 Å². The maximum atomic E-state index is 13.0. The Bertz CT molecular complexity index is 320. The summed E-state index contributed by atoms with van der Waals surface area (Å²) in [5.74, 6) is -0.298. The van der Waals surface area contributed by atoms with Crippen LogP contribution >= 0.6 is 12.4 Å². The molecule has 1 aromatic rings. The summed E-state index contributed by atoms with van der Waals surface area (Å²) in [7, 11) is 1.39. The molecule has 0 bridgehead atoms. The highest BCUT2D eigenvalue weighted by Crippen LogP contribution is 2.22. The van der Waals surface area contributed by atoms with Gasteiger partial charge in [0, 0.05) is 0 Å². The van der Waals surface area contributed by atoms with E-state index in [2.05, 4.69) is 0 Å². The van der Waals surface area contributed by atoms with E-state index in [0.29, 0.717) is 5.56 Å². The highest BCUT2D eigenvalue weighted by molar-refractivity contribution is 5.85. The van der Waals surface area contributed by atoms with Crippen LogP contribution in [0.15, 0.2) is 18.2 Å². The highest BCUT2D eigenvalue weighted by Gasteiger charge is 2.14. The second-order valence-electron chi connectivity index (χ2n) is 3.16. The molecule has 2 atom stereocenters. The maximum Gasteiger partial charge on any atom is 0.165 e. The molecule has 0 unspecified atom stereocenters. The monoisotopic (exact) mass is 235 g/mol. The molecule has 0 amide bonds. The van der Waals surface area contributed by atoms with E-state index in [9.17, 15) is 9.50 Å². The van der Waals surface area contributed by atoms with Gasteiger partial charge in [-0.25, -0.2) is 4.39 Å². The topological polar surface area (TPSA) is 55.5 Å². The lowest BCUT2D eigenvalue weighted by Crippen LogP contribution is -2.23. The number of hydrogen-bond acceptors (Lipinski definition) is 3. The minimum absolute atomic E-state index is 0. The third kappa shape index (κ3) is 3.34. The number of halogens is 2. The van der Waals surface area contributed by atoms with Crippen molar-refractivity contribution in [2.75, 3.05) is 7.11 Å². The van der Waals surface area contributed by atoms with Gasteiger partial charge in [-0.15, -0.1) is 12.4 Å². The lowest BCUT2D eigenvalue weighted by molar-refractivity contribution is 0.164. The van der Waals surface area contributed by atoms with Crippen LogP contribution < -0.4 is 10.5 Å². The fourth-order valence-corrected chi connectivity index (χ4v) is 1.16. The standard InChI is InChI=1S/C10H14FNO2.ClH/c1-6(13)10(12)7-3-4-8(11)9(5-7)14-2;/h3-6,10,13H,12H2,1-2H3;1H/t6-,10-;/m0./s1. The molecule has 0 aromatic heterocycles. The largest absolute Gasteiger partial charge is 0.494 e. The molecule has 5 heteroatoms. The average Bonchev–Trinajstić information content (AvgIpc) is 2.17. The molecule has 0 heterocycles. The number of ether oxygens (including phenoxy) is 1. The lowest BCUT2D eigenvalue weighted by atomic mass is 10.0. The smallest absolute Gasteiger partial charge is 0.165 e. The van der Waals surface area contributed by atoms with E-state index in [0.717, 1.165) is 0 Å². The van der Waals surface area contributed by atoms with E-state index in [-0.39, 0.29) is 18.2 Å². The van der Waals surface area contributed by atoms with Crippen molar-refractivity contribution in [3.63, 3.8) is 0 Å². The number of aliphatic hydroxyl groups excluding tert-OH is 1. The number of methoxy groups -OCH3 is 1. The van der Waals surface area contributed by atoms with Crippen molar-refractivity contribution in [3.8, 4) is 5.75 Å². The first-order valence-corrected chi connectivity index (χ1v) is 4.33. The van der Waals surface area contributed by atoms with Gasteiger partial charge in [0.2, 0.25) is 0 Å². The van der Waals surface area contributed by atoms with Gasteiger partial charge in [-0.05, 0) is 24.6 Å². The van der Waals surface area contributed by atoms with Gasteiger partial charge >= 0.3 is 0 Å². The summed E-state index contributed by atoms with van der Waals surface area (Å²) in [6.45, 7) is 1.58. The van der Waals surface area contributed by atoms with E-state index in [1.54, 1.807) is 6.92 Å². The molecule has 0 saturated carbocycles. The molecule has 0 saturated heterocycles. The van der Waals surface area contributed by atoms with Crippen LogP contribution in [-0.2, 0) is 0 Å². The SMILES string of the molecule is COc1cc([C@@H](N)[C@H](C)O)ccc1F.Cl. The number of aliphatic hydroxyl groups is 1. The summed E-state index contributed by atoms with van der Waals surface area (Å²) in [6, 6.07) is 3.78. The molecular formula is C10H15ClFNO2. The number of nitrogens with two attached hydrogens (primary N) is 1. The van der Waals surface area contributed by atoms with Gasteiger partial charge in [0.25, 0.3) is 0 Å². The Labute approximate surface area is 94.5 Å². The average molecular weight is 236 g/mol. The van der Waals surface area contributed by atoms with Gasteiger partial charge in [-0.1, -0.05) is 6.07 Å². The van der Waals surface area contributed by atoms with Crippen LogP contribution in [0, 0.1) is 5.82 Å². The molecule has 0 fully saturated rings. The summed E-state index contributed by atoms with van der Waals surface area (Å²) in [6.07, 6.45) is -0.676. The molecular weight excluding hydrogens is 221 g/mol. The lowest BCUT2D eigenvalue weighted by Gasteiger charge is -2.15. The second-order valence-corrected chi connectivity index (χ2v) is 3.16. The van der Waals surface area contributed by atoms with Crippen molar-refractivity contribution >= 4 is 12.4 Å². The molecule has 0 aliphatic carbocycles. The second kappa shape index (κ2) is 5.90. The van der Waals surface area contributed by atoms with Crippen LogP contribution in [0.3, 0.4) is 0 Å². The zero-order valence-electron chi connectivity index (χ0n) is 8.61. The predicted octanol–water partition coefficient (Wildman–Crippen LogP) is 1.64. The Morgan fingerprint density at radius 2 is 2.07 bits per heavy atom. The predicted molar refractivity (Wildman–Crippen MR) is 58.8 cm³/mol. The number of rotatable bonds is 3. The maximum absolute atomic E-state index is 13.0. The van der Waals surface area contributed by atoms with Crippen molar-refractivity contribution in [1.82, 2.24) is 0 Å². The van der Waals surface area contributed by atoms with Gasteiger partial charge in [-0.3, -0.25) is 0 Å². The Morgan fingerprint density at radius 3 is 2.53 bits per heavy atom. The zero-order valence-corrected chi connectivity index (χ0v) is 9.42. The van der Waals surface area contributed by atoms with E-state index < -0.39 is 18.0 Å². The Kier molecular flexibility index (Phi) is 5.57. The van der Waals surface area contributed by atoms with E-state index >= 15 is 0 Å². The van der Waals surface area contributed by atoms with E-state index in [1.807, 2.05) is 0 Å². The molecule has 0 aliphatic rings. The van der Waals surface area contributed by atoms with Crippen molar-refractivity contribution in [3.05, 3.63) is 29.6 Å². The van der Waals surface area contributed by atoms with Crippen LogP contribution in [0.25, 0.3) is 0 Å². The van der Waals surface area contributed by atoms with Gasteiger partial charge in [0.15, 0.2) is 11.6 Å². The third-order valence-corrected chi connectivity index (χ3v) is 2.08. The molecule has 1 rings (SSSR count). The molecule has 0 spiro atoms. The van der Waals surface area contributed by atoms with E-state index in [4.69, 9.17) is 10.5 Å². The van der Waals surface area contributed by atoms with E-state index in [1.165, 1.54) is 25.3 Å². The minimum atomic E-state index is -0.676.